The molecule has 0 spiro atoms. The molecule has 0 bridgehead atoms. The van der Waals surface area contributed by atoms with Gasteiger partial charge in [0.15, 0.2) is 0 Å². The molecule has 1 nitrogen and oxygen atoms in total. The Labute approximate surface area is 103 Å². The van der Waals surface area contributed by atoms with E-state index in [1.165, 1.54) is 35.8 Å². The Morgan fingerprint density at radius 2 is 1.88 bits per heavy atom. The third-order valence-electron chi connectivity index (χ3n) is 3.38. The van der Waals surface area contributed by atoms with Gasteiger partial charge in [-0.2, -0.15) is 0 Å². The summed E-state index contributed by atoms with van der Waals surface area (Å²) in [5.74, 6) is 0.329. The summed E-state index contributed by atoms with van der Waals surface area (Å²) in [7, 11) is 0. The maximum atomic E-state index is 9.59. The summed E-state index contributed by atoms with van der Waals surface area (Å²) in [5, 5.41) is 12.0. The van der Waals surface area contributed by atoms with Crippen molar-refractivity contribution in [1.82, 2.24) is 0 Å². The normalized spacial score (nSPS) is 15.1. The molecular weight excluding hydrogens is 264 g/mol. The molecule has 0 fully saturated rings. The Kier molecular flexibility index (Phi) is 2.40. The first-order chi connectivity index (χ1) is 7.75. The first kappa shape index (κ1) is 10.2. The highest BCUT2D eigenvalue weighted by Gasteiger charge is 2.14. The van der Waals surface area contributed by atoms with Gasteiger partial charge < -0.3 is 5.11 Å². The van der Waals surface area contributed by atoms with E-state index in [1.807, 2.05) is 6.07 Å². The molecular formula is C14H13BrO. The van der Waals surface area contributed by atoms with Crippen LogP contribution in [0.25, 0.3) is 10.8 Å². The van der Waals surface area contributed by atoms with Gasteiger partial charge in [0, 0.05) is 4.47 Å². The van der Waals surface area contributed by atoms with Gasteiger partial charge in [0.2, 0.25) is 0 Å². The lowest BCUT2D eigenvalue weighted by Gasteiger charge is -2.18. The van der Waals surface area contributed by atoms with E-state index >= 15 is 0 Å². The van der Waals surface area contributed by atoms with E-state index in [4.69, 9.17) is 0 Å². The number of hydrogen-bond donors (Lipinski definition) is 1. The van der Waals surface area contributed by atoms with Crippen LogP contribution in [0.2, 0.25) is 0 Å². The van der Waals surface area contributed by atoms with E-state index in [1.54, 1.807) is 6.07 Å². The molecule has 0 amide bonds. The SMILES string of the molecule is Oc1cc(Br)c2c3c(ccc2c1)CCCC3. The molecule has 82 valence electrons. The van der Waals surface area contributed by atoms with Crippen LogP contribution in [0.4, 0.5) is 0 Å². The first-order valence-corrected chi connectivity index (χ1v) is 6.48. The van der Waals surface area contributed by atoms with Crippen LogP contribution in [0.3, 0.4) is 0 Å². The third kappa shape index (κ3) is 1.52. The molecule has 1 aliphatic rings. The molecule has 0 saturated heterocycles. The molecule has 0 saturated carbocycles. The molecule has 0 radical (unpaired) electrons. The predicted octanol–water partition coefficient (Wildman–Crippen LogP) is 4.19. The Balaban J connectivity index is 2.38. The van der Waals surface area contributed by atoms with Crippen molar-refractivity contribution in [3.63, 3.8) is 0 Å². The van der Waals surface area contributed by atoms with Crippen LogP contribution in [0.15, 0.2) is 28.7 Å². The summed E-state index contributed by atoms with van der Waals surface area (Å²) < 4.78 is 1.02. The monoisotopic (exact) mass is 276 g/mol. The summed E-state index contributed by atoms with van der Waals surface area (Å²) in [6, 6.07) is 7.96. The lowest BCUT2D eigenvalue weighted by molar-refractivity contribution is 0.476. The molecule has 16 heavy (non-hydrogen) atoms. The van der Waals surface area contributed by atoms with Crippen molar-refractivity contribution < 1.29 is 5.11 Å². The van der Waals surface area contributed by atoms with Crippen molar-refractivity contribution in [1.29, 1.82) is 0 Å². The van der Waals surface area contributed by atoms with E-state index < -0.39 is 0 Å². The van der Waals surface area contributed by atoms with Crippen LogP contribution in [-0.4, -0.2) is 5.11 Å². The number of fused-ring (bicyclic) bond motifs is 3. The standard InChI is InChI=1S/C14H13BrO/c15-13-8-11(16)7-10-6-5-9-3-1-2-4-12(9)14(10)13/h5-8,16H,1-4H2. The fourth-order valence-electron chi connectivity index (χ4n) is 2.65. The minimum Gasteiger partial charge on any atom is -0.508 e. The number of phenols is 1. The maximum Gasteiger partial charge on any atom is 0.117 e. The average molecular weight is 277 g/mol. The largest absolute Gasteiger partial charge is 0.508 e. The molecule has 1 aliphatic carbocycles. The minimum atomic E-state index is 0.329. The Bertz CT molecular complexity index is 560. The molecule has 0 aliphatic heterocycles. The smallest absolute Gasteiger partial charge is 0.117 e. The van der Waals surface area contributed by atoms with Crippen LogP contribution in [-0.2, 0) is 12.8 Å². The van der Waals surface area contributed by atoms with Crippen LogP contribution >= 0.6 is 15.9 Å². The second-order valence-corrected chi connectivity index (χ2v) is 5.29. The Morgan fingerprint density at radius 3 is 2.75 bits per heavy atom. The summed E-state index contributed by atoms with van der Waals surface area (Å²) >= 11 is 3.57. The molecule has 1 N–H and O–H groups in total. The molecule has 3 rings (SSSR count). The zero-order valence-corrected chi connectivity index (χ0v) is 10.5. The first-order valence-electron chi connectivity index (χ1n) is 5.69. The molecule has 2 aromatic rings. The van der Waals surface area contributed by atoms with Crippen LogP contribution in [0, 0.1) is 0 Å². The van der Waals surface area contributed by atoms with Gasteiger partial charge in [-0.3, -0.25) is 0 Å². The molecule has 2 aromatic carbocycles. The highest BCUT2D eigenvalue weighted by atomic mass is 79.9. The summed E-state index contributed by atoms with van der Waals surface area (Å²) in [5.41, 5.74) is 2.95. The second-order valence-electron chi connectivity index (χ2n) is 4.44. The molecule has 0 aromatic heterocycles. The third-order valence-corrected chi connectivity index (χ3v) is 4.01. The van der Waals surface area contributed by atoms with Gasteiger partial charge in [0.1, 0.15) is 5.75 Å². The minimum absolute atomic E-state index is 0.329. The molecule has 0 unspecified atom stereocenters. The quantitative estimate of drug-likeness (QED) is 0.765. The molecule has 0 heterocycles. The van der Waals surface area contributed by atoms with Crippen molar-refractivity contribution >= 4 is 26.7 Å². The van der Waals surface area contributed by atoms with Crippen LogP contribution in [0.1, 0.15) is 24.0 Å². The molecule has 2 heteroatoms. The number of halogens is 1. The van der Waals surface area contributed by atoms with E-state index in [0.29, 0.717) is 5.75 Å². The Morgan fingerprint density at radius 1 is 1.06 bits per heavy atom. The highest BCUT2D eigenvalue weighted by molar-refractivity contribution is 9.10. The summed E-state index contributed by atoms with van der Waals surface area (Å²) in [6.07, 6.45) is 4.93. The van der Waals surface area contributed by atoms with Crippen molar-refractivity contribution in [3.05, 3.63) is 39.9 Å². The van der Waals surface area contributed by atoms with Crippen molar-refractivity contribution in [2.75, 3.05) is 0 Å². The van der Waals surface area contributed by atoms with Crippen molar-refractivity contribution in [2.45, 2.75) is 25.7 Å². The number of rotatable bonds is 0. The van der Waals surface area contributed by atoms with Crippen molar-refractivity contribution in [3.8, 4) is 5.75 Å². The van der Waals surface area contributed by atoms with Crippen LogP contribution in [0.5, 0.6) is 5.75 Å². The highest BCUT2D eigenvalue weighted by Crippen LogP contribution is 2.36. The zero-order chi connectivity index (χ0) is 11.1. The summed E-state index contributed by atoms with van der Waals surface area (Å²) in [6.45, 7) is 0. The van der Waals surface area contributed by atoms with Crippen molar-refractivity contribution in [2.24, 2.45) is 0 Å². The van der Waals surface area contributed by atoms with Gasteiger partial charge in [-0.1, -0.05) is 28.1 Å². The number of aromatic hydroxyl groups is 1. The fraction of sp³-hybridized carbons (Fsp3) is 0.286. The van der Waals surface area contributed by atoms with Gasteiger partial charge in [0.25, 0.3) is 0 Å². The lowest BCUT2D eigenvalue weighted by atomic mass is 9.88. The van der Waals surface area contributed by atoms with E-state index in [-0.39, 0.29) is 0 Å². The fourth-order valence-corrected chi connectivity index (χ4v) is 3.35. The van der Waals surface area contributed by atoms with E-state index in [2.05, 4.69) is 28.1 Å². The topological polar surface area (TPSA) is 20.2 Å². The maximum absolute atomic E-state index is 9.59. The van der Waals surface area contributed by atoms with Gasteiger partial charge in [-0.05, 0) is 59.7 Å². The van der Waals surface area contributed by atoms with E-state index in [0.717, 1.165) is 16.3 Å². The number of phenolic OH excluding ortho intramolecular Hbond substituents is 1. The van der Waals surface area contributed by atoms with Gasteiger partial charge in [-0.25, -0.2) is 0 Å². The molecule has 0 atom stereocenters. The average Bonchev–Trinajstić information content (AvgIpc) is 2.28. The number of benzene rings is 2. The predicted molar refractivity (Wildman–Crippen MR) is 70.0 cm³/mol. The van der Waals surface area contributed by atoms with Crippen LogP contribution < -0.4 is 0 Å². The van der Waals surface area contributed by atoms with E-state index in [9.17, 15) is 5.11 Å². The van der Waals surface area contributed by atoms with Gasteiger partial charge >= 0.3 is 0 Å². The summed E-state index contributed by atoms with van der Waals surface area (Å²) in [4.78, 5) is 0. The zero-order valence-electron chi connectivity index (χ0n) is 8.96. The second kappa shape index (κ2) is 3.77. The van der Waals surface area contributed by atoms with Gasteiger partial charge in [0.05, 0.1) is 0 Å². The number of hydrogen-bond acceptors (Lipinski definition) is 1. The Hall–Kier alpha value is -1.02. The number of aryl methyl sites for hydroxylation is 2. The lowest BCUT2D eigenvalue weighted by Crippen LogP contribution is -2.03. The van der Waals surface area contributed by atoms with Gasteiger partial charge in [-0.15, -0.1) is 0 Å².